The van der Waals surface area contributed by atoms with Crippen molar-refractivity contribution in [2.45, 2.75) is 166 Å². The summed E-state index contributed by atoms with van der Waals surface area (Å²) < 4.78 is 35.4. The fourth-order valence-corrected chi connectivity index (χ4v) is 12.3. The van der Waals surface area contributed by atoms with E-state index in [1.165, 1.54) is 14.2 Å². The van der Waals surface area contributed by atoms with Crippen LogP contribution < -0.4 is 0 Å². The van der Waals surface area contributed by atoms with E-state index in [1.54, 1.807) is 0 Å². The van der Waals surface area contributed by atoms with Gasteiger partial charge in [0.1, 0.15) is 36.6 Å². The molecule has 21 unspecified atom stereocenters. The third kappa shape index (κ3) is 7.16. The molecule has 0 aromatic carbocycles. The number of ether oxygens (including phenoxy) is 6. The van der Waals surface area contributed by atoms with E-state index in [1.807, 2.05) is 0 Å². The summed E-state index contributed by atoms with van der Waals surface area (Å²) in [5, 5.41) is 76.5. The molecule has 2 heterocycles. The molecule has 52 heavy (non-hydrogen) atoms. The van der Waals surface area contributed by atoms with Crippen LogP contribution in [0.4, 0.5) is 0 Å². The van der Waals surface area contributed by atoms with Crippen molar-refractivity contribution >= 4 is 0 Å². The highest BCUT2D eigenvalue weighted by Crippen LogP contribution is 2.68. The van der Waals surface area contributed by atoms with E-state index in [0.29, 0.717) is 25.7 Å². The van der Waals surface area contributed by atoms with Crippen LogP contribution in [0.25, 0.3) is 0 Å². The summed E-state index contributed by atoms with van der Waals surface area (Å²) >= 11 is 0. The summed E-state index contributed by atoms with van der Waals surface area (Å²) in [7, 11) is 2.92. The van der Waals surface area contributed by atoms with Gasteiger partial charge in [-0.15, -0.1) is 0 Å². The molecule has 13 nitrogen and oxygen atoms in total. The SMILES string of the molecule is COC1COC(OC2C(OC(CCC(C)C3CC(O)C4C5CC(O)C6C(O)C(O)CCC6(C)C5CCC34C)C(C)C)OC(CO)C2O)C(OC)C1O. The number of methoxy groups -OCH3 is 2. The number of aliphatic hydroxyl groups is 7. The predicted octanol–water partition coefficient (Wildman–Crippen LogP) is 1.59. The van der Waals surface area contributed by atoms with Crippen LogP contribution in [-0.4, -0.2) is 143 Å². The summed E-state index contributed by atoms with van der Waals surface area (Å²) in [5.74, 6) is 0.797. The van der Waals surface area contributed by atoms with Crippen molar-refractivity contribution in [1.82, 2.24) is 0 Å². The highest BCUT2D eigenvalue weighted by molar-refractivity contribution is 5.14. The second-order valence-corrected chi connectivity index (χ2v) is 18.1. The fourth-order valence-electron chi connectivity index (χ4n) is 12.3. The van der Waals surface area contributed by atoms with Crippen LogP contribution in [0, 0.1) is 52.3 Å². The van der Waals surface area contributed by atoms with Crippen molar-refractivity contribution in [2.24, 2.45) is 52.3 Å². The molecule has 2 aliphatic heterocycles. The average molecular weight is 745 g/mol. The zero-order valence-corrected chi connectivity index (χ0v) is 32.2. The number of fused-ring (bicyclic) bond motifs is 5. The van der Waals surface area contributed by atoms with Gasteiger partial charge in [0.15, 0.2) is 12.6 Å². The molecule has 6 aliphatic rings. The molecule has 7 N–H and O–H groups in total. The molecular weight excluding hydrogens is 676 g/mol. The monoisotopic (exact) mass is 744 g/mol. The highest BCUT2D eigenvalue weighted by Gasteiger charge is 2.66. The Kier molecular flexibility index (Phi) is 12.8. The molecule has 0 amide bonds. The molecule has 6 fully saturated rings. The van der Waals surface area contributed by atoms with E-state index in [2.05, 4.69) is 34.6 Å². The van der Waals surface area contributed by atoms with Gasteiger partial charge in [-0.05, 0) is 97.7 Å². The zero-order chi connectivity index (χ0) is 37.9. The molecule has 2 saturated heterocycles. The van der Waals surface area contributed by atoms with Crippen molar-refractivity contribution in [3.8, 4) is 0 Å². The summed E-state index contributed by atoms with van der Waals surface area (Å²) in [6.07, 6.45) is -4.75. The molecule has 302 valence electrons. The molecule has 0 aromatic rings. The van der Waals surface area contributed by atoms with Gasteiger partial charge in [-0.3, -0.25) is 0 Å². The average Bonchev–Trinajstić information content (AvgIpc) is 3.55. The van der Waals surface area contributed by atoms with Crippen LogP contribution in [-0.2, 0) is 28.4 Å². The lowest BCUT2D eigenvalue weighted by Crippen LogP contribution is -2.63. The quantitative estimate of drug-likeness (QED) is 0.152. The van der Waals surface area contributed by atoms with E-state index in [9.17, 15) is 35.7 Å². The second-order valence-electron chi connectivity index (χ2n) is 18.1. The summed E-state index contributed by atoms with van der Waals surface area (Å²) in [4.78, 5) is 0. The Balaban J connectivity index is 1.12. The van der Waals surface area contributed by atoms with Crippen molar-refractivity contribution in [2.75, 3.05) is 27.4 Å². The molecule has 0 spiro atoms. The molecule has 4 aliphatic carbocycles. The lowest BCUT2D eigenvalue weighted by Gasteiger charge is -2.63. The van der Waals surface area contributed by atoms with Gasteiger partial charge in [-0.2, -0.15) is 0 Å². The molecule has 0 aromatic heterocycles. The number of aliphatic hydroxyl groups excluding tert-OH is 7. The Hall–Kier alpha value is -0.520. The zero-order valence-electron chi connectivity index (χ0n) is 32.2. The largest absolute Gasteiger partial charge is 0.394 e. The topological polar surface area (TPSA) is 197 Å². The normalized spacial score (nSPS) is 51.9. The van der Waals surface area contributed by atoms with Gasteiger partial charge in [0.05, 0.1) is 43.7 Å². The molecule has 21 atom stereocenters. The van der Waals surface area contributed by atoms with E-state index in [-0.39, 0.29) is 65.0 Å². The van der Waals surface area contributed by atoms with Gasteiger partial charge >= 0.3 is 0 Å². The standard InChI is InChI=1S/C39H68O13/c1-18(2)26(50-37-35(32(45)27(16-40)51-37)52-36-34(48-7)33(46)28(47-6)17-49-36)9-8-19(3)22-15-25(43)29-20-14-24(42)30-31(44)23(41)11-13-38(30,4)21(20)10-12-39(22,29)5/h18-37,40-46H,8-17H2,1-7H3. The minimum atomic E-state index is -1.20. The van der Waals surface area contributed by atoms with Crippen LogP contribution in [0.5, 0.6) is 0 Å². The summed E-state index contributed by atoms with van der Waals surface area (Å²) in [5.41, 5.74) is -0.375. The smallest absolute Gasteiger partial charge is 0.187 e. The van der Waals surface area contributed by atoms with E-state index in [0.717, 1.165) is 25.7 Å². The van der Waals surface area contributed by atoms with Crippen molar-refractivity contribution in [3.05, 3.63) is 0 Å². The van der Waals surface area contributed by atoms with E-state index < -0.39 is 80.2 Å². The molecule has 4 saturated carbocycles. The Morgan fingerprint density at radius 2 is 1.44 bits per heavy atom. The summed E-state index contributed by atoms with van der Waals surface area (Å²) in [6.45, 7) is 10.6. The van der Waals surface area contributed by atoms with Crippen LogP contribution in [0.1, 0.15) is 86.0 Å². The van der Waals surface area contributed by atoms with Gasteiger partial charge in [0.25, 0.3) is 0 Å². The third-order valence-electron chi connectivity index (χ3n) is 15.2. The Morgan fingerprint density at radius 3 is 2.10 bits per heavy atom. The van der Waals surface area contributed by atoms with Crippen molar-refractivity contribution < 1.29 is 64.2 Å². The minimum absolute atomic E-state index is 0.0598. The van der Waals surface area contributed by atoms with Crippen LogP contribution in [0.15, 0.2) is 0 Å². The van der Waals surface area contributed by atoms with Crippen molar-refractivity contribution in [3.63, 3.8) is 0 Å². The first-order valence-corrected chi connectivity index (χ1v) is 19.9. The van der Waals surface area contributed by atoms with Gasteiger partial charge in [-0.25, -0.2) is 0 Å². The highest BCUT2D eigenvalue weighted by atomic mass is 16.8. The Labute approximate surface area is 309 Å². The lowest BCUT2D eigenvalue weighted by molar-refractivity contribution is -0.313. The predicted molar refractivity (Wildman–Crippen MR) is 187 cm³/mol. The number of hydrogen-bond donors (Lipinski definition) is 7. The van der Waals surface area contributed by atoms with Gasteiger partial charge in [-0.1, -0.05) is 34.6 Å². The third-order valence-corrected chi connectivity index (χ3v) is 15.2. The molecule has 0 radical (unpaired) electrons. The lowest BCUT2D eigenvalue weighted by atomic mass is 9.43. The maximum atomic E-state index is 11.8. The number of rotatable bonds is 12. The van der Waals surface area contributed by atoms with E-state index >= 15 is 0 Å². The van der Waals surface area contributed by atoms with Gasteiger partial charge in [0, 0.05) is 20.1 Å². The molecule has 0 bridgehead atoms. The minimum Gasteiger partial charge on any atom is -0.394 e. The second kappa shape index (κ2) is 16.1. The molecular formula is C39H68O13. The van der Waals surface area contributed by atoms with Crippen molar-refractivity contribution in [1.29, 1.82) is 0 Å². The van der Waals surface area contributed by atoms with Gasteiger partial charge < -0.3 is 64.2 Å². The van der Waals surface area contributed by atoms with Crippen LogP contribution >= 0.6 is 0 Å². The first-order chi connectivity index (χ1) is 24.6. The molecule has 6 rings (SSSR count). The van der Waals surface area contributed by atoms with Crippen LogP contribution in [0.3, 0.4) is 0 Å². The fraction of sp³-hybridized carbons (Fsp3) is 1.00. The van der Waals surface area contributed by atoms with Crippen LogP contribution in [0.2, 0.25) is 0 Å². The maximum absolute atomic E-state index is 11.8. The number of hydrogen-bond acceptors (Lipinski definition) is 13. The Morgan fingerprint density at radius 1 is 0.750 bits per heavy atom. The summed E-state index contributed by atoms with van der Waals surface area (Å²) in [6, 6.07) is 0. The van der Waals surface area contributed by atoms with E-state index in [4.69, 9.17) is 28.4 Å². The maximum Gasteiger partial charge on any atom is 0.187 e. The Bertz CT molecular complexity index is 1180. The molecule has 13 heteroatoms. The van der Waals surface area contributed by atoms with Gasteiger partial charge in [0.2, 0.25) is 0 Å². The first kappa shape index (κ1) is 41.1. The first-order valence-electron chi connectivity index (χ1n) is 19.9.